The van der Waals surface area contributed by atoms with Crippen molar-refractivity contribution >= 4 is 11.8 Å². The molecule has 13 nitrogen and oxygen atoms in total. The molecule has 0 bridgehead atoms. The summed E-state index contributed by atoms with van der Waals surface area (Å²) >= 11 is 0. The molecule has 0 aromatic heterocycles. The molecule has 0 aromatic rings. The average Bonchev–Trinajstić information content (AvgIpc) is 3.72. The second kappa shape index (κ2) is 20.1. The van der Waals surface area contributed by atoms with E-state index in [1.807, 2.05) is 19.9 Å². The Bertz CT molecular complexity index is 1550. The van der Waals surface area contributed by atoms with Gasteiger partial charge >= 0.3 is 29.6 Å². The number of carbonyl (C=O) groups excluding carboxylic acids is 2. The van der Waals surface area contributed by atoms with Gasteiger partial charge in [0.15, 0.2) is 29.4 Å². The number of hydrogen-bond donors (Lipinski definition) is 2. The van der Waals surface area contributed by atoms with Crippen LogP contribution in [0.3, 0.4) is 0 Å². The van der Waals surface area contributed by atoms with Gasteiger partial charge in [0.25, 0.3) is 0 Å². The van der Waals surface area contributed by atoms with Crippen LogP contribution in [0.1, 0.15) is 140 Å². The number of aliphatic carboxylic acids is 1. The second-order valence-corrected chi connectivity index (χ2v) is 20.4. The van der Waals surface area contributed by atoms with Crippen LogP contribution in [0.5, 0.6) is 0 Å². The Balaban J connectivity index is 0.00000704. The first-order valence-corrected chi connectivity index (χ1v) is 23.1. The van der Waals surface area contributed by atoms with Crippen LogP contribution in [0.2, 0.25) is 0 Å². The van der Waals surface area contributed by atoms with E-state index in [9.17, 15) is 24.9 Å². The zero-order valence-corrected chi connectivity index (χ0v) is 41.5. The van der Waals surface area contributed by atoms with E-state index in [0.29, 0.717) is 44.1 Å². The van der Waals surface area contributed by atoms with Crippen molar-refractivity contribution in [3.8, 4) is 0 Å². The maximum Gasteiger partial charge on any atom is 1.00 e. The van der Waals surface area contributed by atoms with Gasteiger partial charge in [0.1, 0.15) is 0 Å². The number of allylic oxidation sites excluding steroid dienone is 1. The van der Waals surface area contributed by atoms with Crippen molar-refractivity contribution in [1.82, 2.24) is 0 Å². The largest absolute Gasteiger partial charge is 1.00 e. The molecule has 0 amide bonds. The number of aliphatic hydroxyl groups excluding tert-OH is 1. The molecule has 0 radical (unpaired) electrons. The first-order chi connectivity index (χ1) is 28.1. The van der Waals surface area contributed by atoms with Crippen LogP contribution < -0.4 is 34.7 Å². The Kier molecular flexibility index (Phi) is 17.0. The zero-order valence-electron chi connectivity index (χ0n) is 39.5. The van der Waals surface area contributed by atoms with E-state index in [4.69, 9.17) is 37.9 Å². The fraction of sp³-hybridized carbons (Fsp3) is 0.915. The number of carbonyl (C=O) groups is 2. The van der Waals surface area contributed by atoms with Crippen LogP contribution in [-0.4, -0.2) is 108 Å². The van der Waals surface area contributed by atoms with Gasteiger partial charge in [-0.25, -0.2) is 0 Å². The van der Waals surface area contributed by atoms with Crippen molar-refractivity contribution in [3.63, 3.8) is 0 Å². The van der Waals surface area contributed by atoms with Crippen molar-refractivity contribution in [3.05, 3.63) is 11.6 Å². The molecule has 14 heteroatoms. The van der Waals surface area contributed by atoms with Gasteiger partial charge in [-0.3, -0.25) is 4.79 Å². The fourth-order valence-corrected chi connectivity index (χ4v) is 11.7. The van der Waals surface area contributed by atoms with E-state index in [2.05, 4.69) is 41.5 Å². The quantitative estimate of drug-likeness (QED) is 0.205. The molecule has 6 saturated heterocycles. The van der Waals surface area contributed by atoms with Crippen molar-refractivity contribution < 1.29 is 92.4 Å². The van der Waals surface area contributed by atoms with Gasteiger partial charge in [0.05, 0.1) is 54.9 Å². The molecule has 61 heavy (non-hydrogen) atoms. The number of ketones is 1. The van der Waals surface area contributed by atoms with E-state index < -0.39 is 53.7 Å². The van der Waals surface area contributed by atoms with Crippen molar-refractivity contribution in [2.45, 2.75) is 212 Å². The molecule has 6 heterocycles. The Hall–Kier alpha value is -0.520. The third-order valence-electron chi connectivity index (χ3n) is 15.8. The minimum Gasteiger partial charge on any atom is -0.550 e. The summed E-state index contributed by atoms with van der Waals surface area (Å²) in [7, 11) is 1.71. The molecule has 6 aliphatic heterocycles. The minimum absolute atomic E-state index is 0. The number of carboxylic acids is 1. The van der Waals surface area contributed by atoms with Gasteiger partial charge in [0, 0.05) is 67.8 Å². The SMILES string of the molecule is CO[C@H]1CC[C@H](O[C@@H]2C[C@@H]([C@@H](C)/C=C(\C)C(=O)[C@H](C)C[C@H](C)C(=O)[O-])O[C@@]3(CC[C@@](C)([C@H]4CC[C@@H](C)[C@@]5(O[C@@H]([C@H]6O[C@@](O)(CO)[C@H](C)C[C@@H]6C)C[C@@H]5C)O4)O3)[C@@H]2C)O[C@@H]1C.[Na+]. The number of hydrogen-bond acceptors (Lipinski definition) is 13. The van der Waals surface area contributed by atoms with Crippen LogP contribution in [-0.2, 0) is 47.5 Å². The summed E-state index contributed by atoms with van der Waals surface area (Å²) in [5, 5.41) is 32.7. The zero-order chi connectivity index (χ0) is 44.1. The summed E-state index contributed by atoms with van der Waals surface area (Å²) in [4.78, 5) is 24.9. The topological polar surface area (TPSA) is 171 Å². The van der Waals surface area contributed by atoms with Crippen LogP contribution in [0.25, 0.3) is 0 Å². The summed E-state index contributed by atoms with van der Waals surface area (Å²) in [6, 6.07) is 0. The minimum atomic E-state index is -1.61. The number of carboxylic acid groups (broad SMARTS) is 1. The number of aliphatic hydroxyl groups is 2. The molecule has 20 atom stereocenters. The molecule has 0 unspecified atom stereocenters. The van der Waals surface area contributed by atoms with Crippen LogP contribution in [0, 0.1) is 47.3 Å². The summed E-state index contributed by atoms with van der Waals surface area (Å²) < 4.78 is 53.9. The smallest absolute Gasteiger partial charge is 0.550 e. The summed E-state index contributed by atoms with van der Waals surface area (Å²) in [5.74, 6) is -6.20. The number of Topliss-reactive ketones (excluding diaryl/α,β-unsaturated/α-hetero) is 1. The molecule has 6 rings (SSSR count). The van der Waals surface area contributed by atoms with E-state index in [-0.39, 0.29) is 120 Å². The third-order valence-corrected chi connectivity index (χ3v) is 15.8. The van der Waals surface area contributed by atoms with Crippen LogP contribution >= 0.6 is 0 Å². The molecule has 6 fully saturated rings. The maximum absolute atomic E-state index is 13.5. The molecule has 2 spiro atoms. The molecular formula is C47H77NaO13. The van der Waals surface area contributed by atoms with Crippen molar-refractivity contribution in [2.24, 2.45) is 47.3 Å². The van der Waals surface area contributed by atoms with Gasteiger partial charge in [-0.05, 0) is 83.1 Å². The molecule has 0 saturated carbocycles. The van der Waals surface area contributed by atoms with Gasteiger partial charge in [-0.2, -0.15) is 0 Å². The summed E-state index contributed by atoms with van der Waals surface area (Å²) in [5.41, 5.74) is -0.141. The normalized spacial score (nSPS) is 47.2. The van der Waals surface area contributed by atoms with Crippen LogP contribution in [0.4, 0.5) is 0 Å². The van der Waals surface area contributed by atoms with Crippen molar-refractivity contribution in [1.29, 1.82) is 0 Å². The fourth-order valence-electron chi connectivity index (χ4n) is 11.7. The predicted octanol–water partition coefficient (Wildman–Crippen LogP) is 2.85. The van der Waals surface area contributed by atoms with E-state index in [1.165, 1.54) is 0 Å². The van der Waals surface area contributed by atoms with Gasteiger partial charge in [-0.1, -0.05) is 61.5 Å². The third kappa shape index (κ3) is 10.4. The van der Waals surface area contributed by atoms with Crippen LogP contribution in [0.15, 0.2) is 11.6 Å². The Morgan fingerprint density at radius 1 is 0.869 bits per heavy atom. The monoisotopic (exact) mass is 873 g/mol. The first-order valence-electron chi connectivity index (χ1n) is 23.1. The summed E-state index contributed by atoms with van der Waals surface area (Å²) in [6.45, 7) is 21.4. The van der Waals surface area contributed by atoms with Gasteiger partial charge in [-0.15, -0.1) is 0 Å². The molecule has 0 aromatic carbocycles. The maximum atomic E-state index is 13.5. The number of ether oxygens (including phenoxy) is 8. The van der Waals surface area contributed by atoms with Gasteiger partial charge in [0.2, 0.25) is 0 Å². The average molecular weight is 873 g/mol. The molecular weight excluding hydrogens is 795 g/mol. The van der Waals surface area contributed by atoms with Gasteiger partial charge < -0.3 is 58.0 Å². The van der Waals surface area contributed by atoms with Crippen molar-refractivity contribution in [2.75, 3.05) is 13.7 Å². The molecule has 2 N–H and O–H groups in total. The number of rotatable bonds is 13. The molecule has 0 aliphatic carbocycles. The molecule has 344 valence electrons. The number of methoxy groups -OCH3 is 1. The van der Waals surface area contributed by atoms with E-state index >= 15 is 0 Å². The van der Waals surface area contributed by atoms with E-state index in [0.717, 1.165) is 19.3 Å². The Morgan fingerprint density at radius 2 is 1.57 bits per heavy atom. The predicted molar refractivity (Wildman–Crippen MR) is 220 cm³/mol. The Labute approximate surface area is 387 Å². The first kappa shape index (κ1) is 51.5. The standard InChI is InChI=1S/C47H78O13.Na/c1-25(19-26(2)41(49)27(3)20-29(5)43(50)51)36-23-37(55-40-16-14-35(53-12)34(10)54-40)33(9)46(56-36)18-17-44(11,60-46)39-15-13-30(6)47(58-39)32(8)22-38(57-47)42-28(4)21-31(7)45(52,24-48)59-42;/h19,25,27-40,42,48,52H,13-18,20-24H2,1-12H3,(H,50,51);/q;+1/p-1/b26-19+;/t25-,27+,28-,29-,30+,31+,32-,33+,34+,35-,36-,37+,38+,39+,40-,42-,44-,45-,46+,47+;/m0./s1. The summed E-state index contributed by atoms with van der Waals surface area (Å²) in [6.07, 6.45) is 6.53. The Morgan fingerprint density at radius 3 is 2.21 bits per heavy atom. The van der Waals surface area contributed by atoms with E-state index in [1.54, 1.807) is 27.9 Å². The second-order valence-electron chi connectivity index (χ2n) is 20.4. The molecule has 6 aliphatic rings.